The molecule has 134 valence electrons. The summed E-state index contributed by atoms with van der Waals surface area (Å²) < 4.78 is 0. The summed E-state index contributed by atoms with van der Waals surface area (Å²) in [5.41, 5.74) is 4.65. The molecule has 1 aromatic rings. The fourth-order valence-corrected chi connectivity index (χ4v) is 3.23. The topological polar surface area (TPSA) is 115 Å². The van der Waals surface area contributed by atoms with Gasteiger partial charge in [-0.1, -0.05) is 17.7 Å². The molecule has 0 radical (unpaired) electrons. The average molecular weight is 338 g/mol. The van der Waals surface area contributed by atoms with Gasteiger partial charge in [-0.15, -0.1) is 0 Å². The second-order valence-electron chi connectivity index (χ2n) is 6.45. The van der Waals surface area contributed by atoms with Gasteiger partial charge in [0.2, 0.25) is 0 Å². The van der Waals surface area contributed by atoms with Crippen LogP contribution in [0.2, 0.25) is 0 Å². The maximum atomic E-state index is 12.4. The number of carboxylic acid groups (broad SMARTS) is 2. The Morgan fingerprint density at radius 1 is 1.00 bits per heavy atom. The van der Waals surface area contributed by atoms with Crippen LogP contribution in [0.5, 0.6) is 0 Å². The van der Waals surface area contributed by atoms with Crippen molar-refractivity contribution < 1.29 is 30.0 Å². The van der Waals surface area contributed by atoms with E-state index in [0.717, 1.165) is 16.7 Å². The van der Waals surface area contributed by atoms with Crippen LogP contribution in [0.25, 0.3) is 0 Å². The molecule has 0 heterocycles. The van der Waals surface area contributed by atoms with E-state index in [0.29, 0.717) is 25.7 Å². The number of carbonyl (C=O) groups excluding carboxylic acids is 1. The lowest BCUT2D eigenvalue weighted by atomic mass is 9.80. The largest absolute Gasteiger partial charge is 0.503 e. The van der Waals surface area contributed by atoms with E-state index in [2.05, 4.69) is 19.1 Å². The van der Waals surface area contributed by atoms with Crippen molar-refractivity contribution in [3.63, 3.8) is 0 Å². The third kappa shape index (κ3) is 5.94. The molecule has 6 heteroatoms. The second kappa shape index (κ2) is 8.80. The number of aryl methyl sites for hydroxylation is 3. The molecule has 3 unspecified atom stereocenters. The van der Waals surface area contributed by atoms with Crippen LogP contribution in [0, 0.1) is 26.7 Å². The molecule has 4 N–H and O–H groups in total. The summed E-state index contributed by atoms with van der Waals surface area (Å²) in [4.78, 5) is 21.0. The molecule has 1 fully saturated rings. The molecule has 0 saturated heterocycles. The Balaban J connectivity index is 0.000000648. The van der Waals surface area contributed by atoms with Gasteiger partial charge in [0.05, 0.1) is 12.2 Å². The van der Waals surface area contributed by atoms with Gasteiger partial charge in [-0.3, -0.25) is 4.79 Å². The molecule has 6 nitrogen and oxygen atoms in total. The first-order valence-corrected chi connectivity index (χ1v) is 7.99. The summed E-state index contributed by atoms with van der Waals surface area (Å²) in [7, 11) is 0. The highest BCUT2D eigenvalue weighted by atomic mass is 16.6. The zero-order valence-corrected chi connectivity index (χ0v) is 14.3. The monoisotopic (exact) mass is 338 g/mol. The lowest BCUT2D eigenvalue weighted by molar-refractivity contribution is -0.126. The highest BCUT2D eigenvalue weighted by Gasteiger charge is 2.31. The van der Waals surface area contributed by atoms with E-state index < -0.39 is 18.4 Å². The van der Waals surface area contributed by atoms with E-state index in [1.54, 1.807) is 0 Å². The predicted molar refractivity (Wildman–Crippen MR) is 89.4 cm³/mol. The Morgan fingerprint density at radius 3 is 1.96 bits per heavy atom. The zero-order chi connectivity index (χ0) is 18.4. The van der Waals surface area contributed by atoms with Crippen molar-refractivity contribution >= 4 is 11.9 Å². The minimum atomic E-state index is -1.83. The first-order valence-electron chi connectivity index (χ1n) is 7.99. The molecule has 0 spiro atoms. The number of aliphatic hydroxyl groups is 2. The highest BCUT2D eigenvalue weighted by Crippen LogP contribution is 2.27. The van der Waals surface area contributed by atoms with Crippen LogP contribution in [-0.2, 0) is 11.2 Å². The lowest BCUT2D eigenvalue weighted by Crippen LogP contribution is -2.36. The van der Waals surface area contributed by atoms with Crippen LogP contribution in [0.4, 0.5) is 4.79 Å². The van der Waals surface area contributed by atoms with Crippen molar-refractivity contribution in [3.05, 3.63) is 34.4 Å². The summed E-state index contributed by atoms with van der Waals surface area (Å²) in [6.07, 6.45) is -1.22. The van der Waals surface area contributed by atoms with Gasteiger partial charge in [-0.05, 0) is 56.7 Å². The van der Waals surface area contributed by atoms with E-state index >= 15 is 0 Å². The van der Waals surface area contributed by atoms with Crippen molar-refractivity contribution in [2.45, 2.75) is 58.7 Å². The lowest BCUT2D eigenvalue weighted by Gasteiger charge is -2.29. The molecule has 1 aliphatic carbocycles. The minimum absolute atomic E-state index is 0.117. The molecular weight excluding hydrogens is 312 g/mol. The van der Waals surface area contributed by atoms with Crippen LogP contribution in [0.15, 0.2) is 12.1 Å². The van der Waals surface area contributed by atoms with Gasteiger partial charge >= 0.3 is 6.16 Å². The number of ketones is 1. The van der Waals surface area contributed by atoms with Gasteiger partial charge in [0.15, 0.2) is 0 Å². The summed E-state index contributed by atoms with van der Waals surface area (Å²) in [5.74, 6) is 0.0690. The van der Waals surface area contributed by atoms with Crippen LogP contribution in [0.3, 0.4) is 0 Å². The Morgan fingerprint density at radius 2 is 1.50 bits per heavy atom. The van der Waals surface area contributed by atoms with Crippen LogP contribution < -0.4 is 0 Å². The van der Waals surface area contributed by atoms with Gasteiger partial charge in [0.25, 0.3) is 0 Å². The summed E-state index contributed by atoms with van der Waals surface area (Å²) in [5, 5.41) is 33.2. The molecule has 0 amide bonds. The Bertz CT molecular complexity index is 568. The SMILES string of the molecule is Cc1cc(C)c(CC(=O)C2CCC(O)C(O)C2)c(C)c1.O=C(O)O. The molecule has 0 aromatic heterocycles. The van der Waals surface area contributed by atoms with Crippen molar-refractivity contribution in [2.24, 2.45) is 5.92 Å². The van der Waals surface area contributed by atoms with E-state index in [1.807, 2.05) is 13.8 Å². The van der Waals surface area contributed by atoms with Gasteiger partial charge in [-0.2, -0.15) is 0 Å². The number of hydrogen-bond acceptors (Lipinski definition) is 4. The highest BCUT2D eigenvalue weighted by molar-refractivity contribution is 5.84. The molecule has 0 bridgehead atoms. The van der Waals surface area contributed by atoms with Crippen LogP contribution in [0.1, 0.15) is 41.5 Å². The molecule has 2 rings (SSSR count). The van der Waals surface area contributed by atoms with Crippen molar-refractivity contribution in [2.75, 3.05) is 0 Å². The minimum Gasteiger partial charge on any atom is -0.450 e. The number of aliphatic hydroxyl groups excluding tert-OH is 2. The van der Waals surface area contributed by atoms with E-state index in [-0.39, 0.29) is 11.7 Å². The van der Waals surface area contributed by atoms with E-state index in [4.69, 9.17) is 15.0 Å². The zero-order valence-electron chi connectivity index (χ0n) is 14.3. The normalized spacial score (nSPS) is 23.1. The molecule has 24 heavy (non-hydrogen) atoms. The second-order valence-corrected chi connectivity index (χ2v) is 6.45. The summed E-state index contributed by atoms with van der Waals surface area (Å²) in [6, 6.07) is 4.21. The van der Waals surface area contributed by atoms with E-state index in [1.165, 1.54) is 5.56 Å². The maximum absolute atomic E-state index is 12.4. The van der Waals surface area contributed by atoms with Gasteiger partial charge < -0.3 is 20.4 Å². The number of Topliss-reactive ketones (excluding diaryl/α,β-unsaturated/α-hetero) is 1. The van der Waals surface area contributed by atoms with Crippen molar-refractivity contribution in [1.29, 1.82) is 0 Å². The summed E-state index contributed by atoms with van der Waals surface area (Å²) in [6.45, 7) is 6.15. The molecule has 1 aromatic carbocycles. The predicted octanol–water partition coefficient (Wildman–Crippen LogP) is 2.47. The van der Waals surface area contributed by atoms with Crippen LogP contribution in [-0.4, -0.2) is 44.6 Å². The number of carbonyl (C=O) groups is 2. The van der Waals surface area contributed by atoms with Crippen LogP contribution >= 0.6 is 0 Å². The molecule has 1 aliphatic rings. The quantitative estimate of drug-likeness (QED) is 0.673. The first-order chi connectivity index (χ1) is 11.1. The third-order valence-corrected chi connectivity index (χ3v) is 4.43. The van der Waals surface area contributed by atoms with Gasteiger partial charge in [0, 0.05) is 12.3 Å². The smallest absolute Gasteiger partial charge is 0.450 e. The number of rotatable bonds is 3. The molecule has 3 atom stereocenters. The molecule has 1 saturated carbocycles. The standard InChI is InChI=1S/C17H24O3.CH2O3/c1-10-6-11(2)14(12(3)7-10)9-16(19)13-4-5-15(18)17(20)8-13;2-1(3)4/h6-7,13,15,17-18,20H,4-5,8-9H2,1-3H3;(H2,2,3,4). The Labute approximate surface area is 141 Å². The maximum Gasteiger partial charge on any atom is 0.503 e. The van der Waals surface area contributed by atoms with Gasteiger partial charge in [-0.25, -0.2) is 4.79 Å². The number of benzene rings is 1. The number of hydrogen-bond donors (Lipinski definition) is 4. The van der Waals surface area contributed by atoms with Gasteiger partial charge in [0.1, 0.15) is 5.78 Å². The average Bonchev–Trinajstić information content (AvgIpc) is 2.45. The fourth-order valence-electron chi connectivity index (χ4n) is 3.23. The summed E-state index contributed by atoms with van der Waals surface area (Å²) >= 11 is 0. The van der Waals surface area contributed by atoms with E-state index in [9.17, 15) is 15.0 Å². The fraction of sp³-hybridized carbons (Fsp3) is 0.556. The third-order valence-electron chi connectivity index (χ3n) is 4.43. The van der Waals surface area contributed by atoms with Crippen molar-refractivity contribution in [3.8, 4) is 0 Å². The first kappa shape index (κ1) is 20.1. The van der Waals surface area contributed by atoms with Crippen molar-refractivity contribution in [1.82, 2.24) is 0 Å². The molecule has 0 aliphatic heterocycles. The Kier molecular flexibility index (Phi) is 7.38. The molecular formula is C18H26O6. The Hall–Kier alpha value is -1.92.